The van der Waals surface area contributed by atoms with Crippen LogP contribution in [0.1, 0.15) is 29.8 Å². The van der Waals surface area contributed by atoms with E-state index in [1.165, 1.54) is 0 Å². The number of nitrogens with zero attached hydrogens (tertiary/aromatic N) is 2. The minimum absolute atomic E-state index is 0. The second kappa shape index (κ2) is 10.9. The molecule has 140 valence electrons. The Balaban J connectivity index is 0.00000312. The molecule has 0 spiro atoms. The van der Waals surface area contributed by atoms with Gasteiger partial charge in [0.25, 0.3) is 5.91 Å². The molecule has 5 nitrogen and oxygen atoms in total. The van der Waals surface area contributed by atoms with Crippen molar-refractivity contribution in [1.82, 2.24) is 15.5 Å². The van der Waals surface area contributed by atoms with Crippen molar-refractivity contribution in [2.24, 2.45) is 10.9 Å². The van der Waals surface area contributed by atoms with Gasteiger partial charge in [-0.3, -0.25) is 9.79 Å². The molecule has 2 rings (SSSR count). The van der Waals surface area contributed by atoms with Crippen molar-refractivity contribution in [3.8, 4) is 0 Å². The van der Waals surface area contributed by atoms with Gasteiger partial charge in [0.1, 0.15) is 0 Å². The summed E-state index contributed by atoms with van der Waals surface area (Å²) in [7, 11) is 3.48. The number of carbonyl (C=O) groups excluding carboxylic acids is 1. The maximum absolute atomic E-state index is 11.6. The van der Waals surface area contributed by atoms with Gasteiger partial charge in [0.15, 0.2) is 5.96 Å². The molecule has 1 atom stereocenters. The highest BCUT2D eigenvalue weighted by Crippen LogP contribution is 2.24. The largest absolute Gasteiger partial charge is 0.355 e. The van der Waals surface area contributed by atoms with Crippen molar-refractivity contribution in [1.29, 1.82) is 0 Å². The molecule has 1 fully saturated rings. The lowest BCUT2D eigenvalue weighted by Crippen LogP contribution is -2.48. The van der Waals surface area contributed by atoms with Gasteiger partial charge in [-0.1, -0.05) is 26.0 Å². The summed E-state index contributed by atoms with van der Waals surface area (Å²) >= 11 is 2.06. The van der Waals surface area contributed by atoms with Gasteiger partial charge in [-0.25, -0.2) is 0 Å². The average molecular weight is 476 g/mol. The normalized spacial score (nSPS) is 17.9. The van der Waals surface area contributed by atoms with Crippen LogP contribution in [-0.2, 0) is 6.54 Å². The third-order valence-electron chi connectivity index (χ3n) is 4.24. The molecule has 0 radical (unpaired) electrons. The lowest BCUT2D eigenvalue weighted by molar-refractivity contribution is 0.0963. The van der Waals surface area contributed by atoms with E-state index in [1.807, 2.05) is 31.3 Å². The average Bonchev–Trinajstić information content (AvgIpc) is 2.62. The summed E-state index contributed by atoms with van der Waals surface area (Å²) in [5.74, 6) is 2.71. The molecule has 0 bridgehead atoms. The van der Waals surface area contributed by atoms with Gasteiger partial charge in [0.2, 0.25) is 0 Å². The Morgan fingerprint density at radius 3 is 2.60 bits per heavy atom. The van der Waals surface area contributed by atoms with E-state index in [9.17, 15) is 4.79 Å². The summed E-state index contributed by atoms with van der Waals surface area (Å²) < 4.78 is 0. The fraction of sp³-hybridized carbons (Fsp3) is 0.556. The van der Waals surface area contributed by atoms with Crippen molar-refractivity contribution in [3.63, 3.8) is 0 Å². The molecule has 0 saturated carbocycles. The van der Waals surface area contributed by atoms with Crippen LogP contribution in [0, 0.1) is 5.92 Å². The van der Waals surface area contributed by atoms with Crippen molar-refractivity contribution in [2.45, 2.75) is 25.6 Å². The Kier molecular flexibility index (Phi) is 9.63. The Bertz CT molecular complexity index is 577. The van der Waals surface area contributed by atoms with Crippen LogP contribution >= 0.6 is 35.7 Å². The Morgan fingerprint density at radius 1 is 1.36 bits per heavy atom. The molecule has 2 N–H and O–H groups in total. The number of nitrogens with one attached hydrogen (secondary N) is 2. The summed E-state index contributed by atoms with van der Waals surface area (Å²) in [5, 5.41) is 6.73. The highest BCUT2D eigenvalue weighted by Gasteiger charge is 2.24. The first kappa shape index (κ1) is 22.1. The topological polar surface area (TPSA) is 56.7 Å². The molecule has 1 aliphatic rings. The minimum Gasteiger partial charge on any atom is -0.355 e. The number of hydrogen-bond donors (Lipinski definition) is 2. The molecule has 1 aromatic carbocycles. The van der Waals surface area contributed by atoms with E-state index in [1.54, 1.807) is 7.05 Å². The van der Waals surface area contributed by atoms with Crippen molar-refractivity contribution >= 4 is 47.6 Å². The van der Waals surface area contributed by atoms with Crippen molar-refractivity contribution in [2.75, 3.05) is 32.9 Å². The van der Waals surface area contributed by atoms with E-state index in [-0.39, 0.29) is 29.9 Å². The molecule has 7 heteroatoms. The highest BCUT2D eigenvalue weighted by atomic mass is 127. The molecule has 1 heterocycles. The van der Waals surface area contributed by atoms with Gasteiger partial charge in [0.05, 0.1) is 0 Å². The quantitative estimate of drug-likeness (QED) is 0.399. The third kappa shape index (κ3) is 6.36. The maximum atomic E-state index is 11.6. The van der Waals surface area contributed by atoms with Gasteiger partial charge in [-0.2, -0.15) is 11.8 Å². The number of thioether (sulfide) groups is 1. The van der Waals surface area contributed by atoms with Gasteiger partial charge in [-0.05, 0) is 23.6 Å². The van der Waals surface area contributed by atoms with Crippen LogP contribution in [0.5, 0.6) is 0 Å². The van der Waals surface area contributed by atoms with E-state index in [2.05, 4.69) is 46.1 Å². The number of aliphatic imine (C=N–C) groups is 1. The molecular weight excluding hydrogens is 447 g/mol. The molecule has 1 amide bonds. The minimum atomic E-state index is -0.0594. The molecule has 1 aliphatic heterocycles. The SMILES string of the molecule is CN=C(NCc1ccc(C(=O)NC)cc1)N1CCSC(C(C)C)C1.I. The van der Waals surface area contributed by atoms with Crippen LogP contribution in [0.2, 0.25) is 0 Å². The molecule has 25 heavy (non-hydrogen) atoms. The van der Waals surface area contributed by atoms with E-state index in [4.69, 9.17) is 0 Å². The number of guanidine groups is 1. The number of amides is 1. The lowest BCUT2D eigenvalue weighted by Gasteiger charge is -2.36. The van der Waals surface area contributed by atoms with E-state index < -0.39 is 0 Å². The van der Waals surface area contributed by atoms with Gasteiger partial charge in [0, 0.05) is 50.3 Å². The number of carbonyl (C=O) groups is 1. The van der Waals surface area contributed by atoms with Crippen LogP contribution in [0.15, 0.2) is 29.3 Å². The molecule has 0 aliphatic carbocycles. The third-order valence-corrected chi connectivity index (χ3v) is 5.78. The summed E-state index contributed by atoms with van der Waals surface area (Å²) in [6.07, 6.45) is 0. The number of rotatable bonds is 4. The monoisotopic (exact) mass is 476 g/mol. The van der Waals surface area contributed by atoms with E-state index in [0.717, 1.165) is 30.4 Å². The second-order valence-corrected chi connectivity index (χ2v) is 7.62. The first-order valence-corrected chi connectivity index (χ1v) is 9.48. The summed E-state index contributed by atoms with van der Waals surface area (Å²) in [4.78, 5) is 18.4. The van der Waals surface area contributed by atoms with Crippen molar-refractivity contribution < 1.29 is 4.79 Å². The van der Waals surface area contributed by atoms with E-state index >= 15 is 0 Å². The van der Waals surface area contributed by atoms with Crippen LogP contribution in [-0.4, -0.2) is 55.0 Å². The number of halogens is 1. The zero-order valence-electron chi connectivity index (χ0n) is 15.4. The fourth-order valence-electron chi connectivity index (χ4n) is 2.70. The predicted molar refractivity (Wildman–Crippen MR) is 118 cm³/mol. The Morgan fingerprint density at radius 2 is 2.04 bits per heavy atom. The summed E-state index contributed by atoms with van der Waals surface area (Å²) in [6.45, 7) is 7.34. The standard InChI is InChI=1S/C18H28N4OS.HI/c1-13(2)16-12-22(9-10-24-16)18(20-4)21-11-14-5-7-15(8-6-14)17(23)19-3;/h5-8,13,16H,9-12H2,1-4H3,(H,19,23)(H,20,21);1H. The smallest absolute Gasteiger partial charge is 0.251 e. The Hall–Kier alpha value is -0.960. The van der Waals surface area contributed by atoms with Crippen LogP contribution in [0.25, 0.3) is 0 Å². The van der Waals surface area contributed by atoms with Crippen molar-refractivity contribution in [3.05, 3.63) is 35.4 Å². The Labute approximate surface area is 172 Å². The lowest BCUT2D eigenvalue weighted by atomic mass is 10.1. The zero-order valence-corrected chi connectivity index (χ0v) is 18.6. The zero-order chi connectivity index (χ0) is 17.5. The van der Waals surface area contributed by atoms with Crippen LogP contribution in [0.3, 0.4) is 0 Å². The molecule has 1 saturated heterocycles. The first-order valence-electron chi connectivity index (χ1n) is 8.43. The van der Waals surface area contributed by atoms with E-state index in [0.29, 0.717) is 23.3 Å². The predicted octanol–water partition coefficient (Wildman–Crippen LogP) is 2.81. The van der Waals surface area contributed by atoms with Crippen LogP contribution in [0.4, 0.5) is 0 Å². The maximum Gasteiger partial charge on any atom is 0.251 e. The van der Waals surface area contributed by atoms with Gasteiger partial charge < -0.3 is 15.5 Å². The van der Waals surface area contributed by atoms with Gasteiger partial charge in [-0.15, -0.1) is 24.0 Å². The van der Waals surface area contributed by atoms with Gasteiger partial charge >= 0.3 is 0 Å². The first-order chi connectivity index (χ1) is 11.5. The molecule has 0 aromatic heterocycles. The number of hydrogen-bond acceptors (Lipinski definition) is 3. The molecular formula is C18H29IN4OS. The number of benzene rings is 1. The fourth-order valence-corrected chi connectivity index (χ4v) is 4.00. The summed E-state index contributed by atoms with van der Waals surface area (Å²) in [5.41, 5.74) is 1.81. The molecule has 1 unspecified atom stereocenters. The molecule has 1 aromatic rings. The summed E-state index contributed by atoms with van der Waals surface area (Å²) in [6, 6.07) is 7.66. The highest BCUT2D eigenvalue weighted by molar-refractivity contribution is 14.0. The van der Waals surface area contributed by atoms with Crippen LogP contribution < -0.4 is 10.6 Å². The second-order valence-electron chi connectivity index (χ2n) is 6.28.